The second-order valence-electron chi connectivity index (χ2n) is 6.32. The van der Waals surface area contributed by atoms with Crippen LogP contribution in [0.5, 0.6) is 0 Å². The molecule has 0 aliphatic rings. The van der Waals surface area contributed by atoms with Gasteiger partial charge >= 0.3 is 0 Å². The Bertz CT molecular complexity index is 578. The molecule has 0 radical (unpaired) electrons. The average Bonchev–Trinajstić information content (AvgIpc) is 3.08. The van der Waals surface area contributed by atoms with Crippen molar-refractivity contribution in [2.24, 2.45) is 0 Å². The van der Waals surface area contributed by atoms with Crippen molar-refractivity contribution in [1.29, 1.82) is 0 Å². The number of imidazole rings is 1. The van der Waals surface area contributed by atoms with E-state index in [0.717, 1.165) is 13.0 Å². The number of nitrogens with one attached hydrogen (secondary N) is 1. The molecule has 5 heteroatoms. The first kappa shape index (κ1) is 15.4. The fourth-order valence-corrected chi connectivity index (χ4v) is 2.14. The van der Waals surface area contributed by atoms with E-state index in [4.69, 9.17) is 0 Å². The predicted octanol–water partition coefficient (Wildman–Crippen LogP) is 2.65. The van der Waals surface area contributed by atoms with Crippen molar-refractivity contribution in [2.75, 3.05) is 0 Å². The van der Waals surface area contributed by atoms with Gasteiger partial charge in [-0.15, -0.1) is 0 Å². The molecule has 0 spiro atoms. The Morgan fingerprint density at radius 3 is 2.67 bits per heavy atom. The maximum atomic E-state index is 12.3. The summed E-state index contributed by atoms with van der Waals surface area (Å²) < 4.78 is 4.04. The third-order valence-electron chi connectivity index (χ3n) is 3.55. The van der Waals surface area contributed by atoms with Crippen LogP contribution in [0.25, 0.3) is 0 Å². The maximum Gasteiger partial charge on any atom is 0.253 e. The van der Waals surface area contributed by atoms with Crippen molar-refractivity contribution in [2.45, 2.75) is 52.2 Å². The molecule has 0 aliphatic carbocycles. The molecule has 1 amide bonds. The summed E-state index contributed by atoms with van der Waals surface area (Å²) in [6.45, 7) is 9.15. The van der Waals surface area contributed by atoms with Crippen molar-refractivity contribution in [3.05, 3.63) is 42.7 Å². The van der Waals surface area contributed by atoms with Crippen LogP contribution in [0.1, 0.15) is 44.5 Å². The fourth-order valence-electron chi connectivity index (χ4n) is 2.14. The summed E-state index contributed by atoms with van der Waals surface area (Å²) in [5, 5.41) is 3.09. The molecule has 0 fully saturated rings. The molecule has 0 aliphatic heterocycles. The Morgan fingerprint density at radius 2 is 2.14 bits per heavy atom. The van der Waals surface area contributed by atoms with Crippen molar-refractivity contribution >= 4 is 5.91 Å². The number of nitrogens with zero attached hydrogens (tertiary/aromatic N) is 3. The first-order valence-electron chi connectivity index (χ1n) is 7.35. The number of carbonyl (C=O) groups is 1. The van der Waals surface area contributed by atoms with Crippen LogP contribution in [0.15, 0.2) is 37.2 Å². The predicted molar refractivity (Wildman–Crippen MR) is 83.2 cm³/mol. The summed E-state index contributed by atoms with van der Waals surface area (Å²) in [7, 11) is 0. The molecule has 5 nitrogen and oxygen atoms in total. The van der Waals surface area contributed by atoms with Crippen molar-refractivity contribution in [3.8, 4) is 0 Å². The zero-order chi connectivity index (χ0) is 15.5. The minimum atomic E-state index is -0.0232. The molecule has 2 aromatic heterocycles. The number of amides is 1. The number of aromatic nitrogens is 3. The van der Waals surface area contributed by atoms with Gasteiger partial charge in [0.25, 0.3) is 5.91 Å². The molecule has 1 atom stereocenters. The Hall–Kier alpha value is -2.04. The molecule has 0 aromatic carbocycles. The van der Waals surface area contributed by atoms with E-state index in [-0.39, 0.29) is 17.5 Å². The Labute approximate surface area is 126 Å². The van der Waals surface area contributed by atoms with Crippen LogP contribution >= 0.6 is 0 Å². The quantitative estimate of drug-likeness (QED) is 0.919. The topological polar surface area (TPSA) is 51.9 Å². The van der Waals surface area contributed by atoms with E-state index in [1.54, 1.807) is 12.5 Å². The third kappa shape index (κ3) is 3.97. The standard InChI is InChI=1S/C16H24N4O/c1-5-14(11-19-9-7-17-12-19)18-15(21)13-6-8-20(10-13)16(2,3)4/h6-10,12,14H,5,11H2,1-4H3,(H,18,21). The van der Waals surface area contributed by atoms with E-state index < -0.39 is 0 Å². The van der Waals surface area contributed by atoms with Crippen molar-refractivity contribution in [1.82, 2.24) is 19.4 Å². The van der Waals surface area contributed by atoms with Gasteiger partial charge < -0.3 is 14.5 Å². The van der Waals surface area contributed by atoms with Gasteiger partial charge in [-0.2, -0.15) is 0 Å². The molecular formula is C16H24N4O. The summed E-state index contributed by atoms with van der Waals surface area (Å²) >= 11 is 0. The molecular weight excluding hydrogens is 264 g/mol. The molecule has 1 unspecified atom stereocenters. The van der Waals surface area contributed by atoms with Crippen LogP contribution in [0, 0.1) is 0 Å². The summed E-state index contributed by atoms with van der Waals surface area (Å²) in [6, 6.07) is 1.97. The lowest BCUT2D eigenvalue weighted by atomic mass is 10.1. The van der Waals surface area contributed by atoms with Crippen LogP contribution in [-0.2, 0) is 12.1 Å². The second kappa shape index (κ2) is 6.16. The van der Waals surface area contributed by atoms with Crippen LogP contribution in [-0.4, -0.2) is 26.1 Å². The van der Waals surface area contributed by atoms with Gasteiger partial charge in [0.2, 0.25) is 0 Å². The number of rotatable bonds is 5. The zero-order valence-electron chi connectivity index (χ0n) is 13.2. The lowest BCUT2D eigenvalue weighted by Gasteiger charge is -2.21. The first-order chi connectivity index (χ1) is 9.90. The van der Waals surface area contributed by atoms with Crippen LogP contribution in [0.2, 0.25) is 0 Å². The number of hydrogen-bond acceptors (Lipinski definition) is 2. The maximum absolute atomic E-state index is 12.3. The van der Waals surface area contributed by atoms with E-state index in [2.05, 4.69) is 42.6 Å². The minimum Gasteiger partial charge on any atom is -0.348 e. The van der Waals surface area contributed by atoms with E-state index in [1.807, 2.05) is 29.2 Å². The first-order valence-corrected chi connectivity index (χ1v) is 7.35. The smallest absolute Gasteiger partial charge is 0.253 e. The van der Waals surface area contributed by atoms with Gasteiger partial charge in [0.1, 0.15) is 0 Å². The highest BCUT2D eigenvalue weighted by molar-refractivity contribution is 5.94. The molecule has 1 N–H and O–H groups in total. The molecule has 0 saturated heterocycles. The van der Waals surface area contributed by atoms with Gasteiger partial charge in [-0.25, -0.2) is 4.98 Å². The zero-order valence-corrected chi connectivity index (χ0v) is 13.2. The molecule has 2 rings (SSSR count). The lowest BCUT2D eigenvalue weighted by molar-refractivity contribution is 0.0931. The minimum absolute atomic E-state index is 0.0144. The molecule has 21 heavy (non-hydrogen) atoms. The molecule has 0 bridgehead atoms. The second-order valence-corrected chi connectivity index (χ2v) is 6.32. The Balaban J connectivity index is 2.00. The van der Waals surface area contributed by atoms with E-state index in [9.17, 15) is 4.79 Å². The fraction of sp³-hybridized carbons (Fsp3) is 0.500. The highest BCUT2D eigenvalue weighted by Gasteiger charge is 2.17. The lowest BCUT2D eigenvalue weighted by Crippen LogP contribution is -2.37. The highest BCUT2D eigenvalue weighted by atomic mass is 16.1. The average molecular weight is 288 g/mol. The Morgan fingerprint density at radius 1 is 1.38 bits per heavy atom. The molecule has 114 valence electrons. The Kier molecular flexibility index (Phi) is 4.50. The van der Waals surface area contributed by atoms with Gasteiger partial charge in [-0.1, -0.05) is 6.92 Å². The van der Waals surface area contributed by atoms with Gasteiger partial charge in [-0.05, 0) is 33.3 Å². The van der Waals surface area contributed by atoms with Crippen LogP contribution in [0.3, 0.4) is 0 Å². The van der Waals surface area contributed by atoms with E-state index in [0.29, 0.717) is 5.56 Å². The van der Waals surface area contributed by atoms with E-state index >= 15 is 0 Å². The summed E-state index contributed by atoms with van der Waals surface area (Å²) in [5.41, 5.74) is 0.688. The SMILES string of the molecule is CCC(Cn1ccnc1)NC(=O)c1ccn(C(C)(C)C)c1. The van der Waals surface area contributed by atoms with Crippen molar-refractivity contribution < 1.29 is 4.79 Å². The normalized spacial score (nSPS) is 13.1. The molecule has 2 aromatic rings. The molecule has 2 heterocycles. The summed E-state index contributed by atoms with van der Waals surface area (Å²) in [5.74, 6) is -0.0232. The van der Waals surface area contributed by atoms with Crippen LogP contribution in [0.4, 0.5) is 0 Å². The van der Waals surface area contributed by atoms with Gasteiger partial charge in [0, 0.05) is 42.9 Å². The molecule has 0 saturated carbocycles. The monoisotopic (exact) mass is 288 g/mol. The van der Waals surface area contributed by atoms with Gasteiger partial charge in [-0.3, -0.25) is 4.79 Å². The number of carbonyl (C=O) groups excluding carboxylic acids is 1. The van der Waals surface area contributed by atoms with Crippen LogP contribution < -0.4 is 5.32 Å². The summed E-state index contributed by atoms with van der Waals surface area (Å²) in [6.07, 6.45) is 10.2. The third-order valence-corrected chi connectivity index (χ3v) is 3.55. The summed E-state index contributed by atoms with van der Waals surface area (Å²) in [4.78, 5) is 16.4. The highest BCUT2D eigenvalue weighted by Crippen LogP contribution is 2.15. The van der Waals surface area contributed by atoms with E-state index in [1.165, 1.54) is 0 Å². The van der Waals surface area contributed by atoms with Gasteiger partial charge in [0.15, 0.2) is 0 Å². The van der Waals surface area contributed by atoms with Crippen molar-refractivity contribution in [3.63, 3.8) is 0 Å². The van der Waals surface area contributed by atoms with Gasteiger partial charge in [0.05, 0.1) is 11.9 Å². The number of hydrogen-bond donors (Lipinski definition) is 1. The largest absolute Gasteiger partial charge is 0.348 e.